The summed E-state index contributed by atoms with van der Waals surface area (Å²) in [6.45, 7) is 12.4. The zero-order valence-corrected chi connectivity index (χ0v) is 13.3. The van der Waals surface area contributed by atoms with Crippen molar-refractivity contribution in [1.82, 2.24) is 8.83 Å². The van der Waals surface area contributed by atoms with E-state index in [4.69, 9.17) is 0 Å². The van der Waals surface area contributed by atoms with Crippen LogP contribution in [0.3, 0.4) is 0 Å². The Bertz CT molecular complexity index is 135. The summed E-state index contributed by atoms with van der Waals surface area (Å²) in [5, 5.41) is 0. The van der Waals surface area contributed by atoms with Crippen molar-refractivity contribution < 1.29 is 0 Å². The van der Waals surface area contributed by atoms with Gasteiger partial charge in [0.25, 0.3) is 0 Å². The van der Waals surface area contributed by atoms with Gasteiger partial charge in [-0.2, -0.15) is 0 Å². The van der Waals surface area contributed by atoms with E-state index in [2.05, 4.69) is 45.7 Å². The van der Waals surface area contributed by atoms with Gasteiger partial charge >= 0.3 is 0 Å². The van der Waals surface area contributed by atoms with E-state index in [-0.39, 0.29) is 0 Å². The van der Waals surface area contributed by atoms with Crippen molar-refractivity contribution in [3.05, 3.63) is 0 Å². The molecular weight excluding hydrogens is 292 g/mol. The van der Waals surface area contributed by atoms with Crippen LogP contribution in [0.25, 0.3) is 0 Å². The molecule has 0 aromatic rings. The monoisotopic (exact) mass is 314 g/mol. The number of hydrogen-bond donors (Lipinski definition) is 0. The highest BCUT2D eigenvalue weighted by molar-refractivity contribution is 9.07. The molecule has 0 saturated heterocycles. The number of rotatable bonds is 10. The first-order chi connectivity index (χ1) is 7.24. The fourth-order valence-corrected chi connectivity index (χ4v) is 3.55. The van der Waals surface area contributed by atoms with Crippen LogP contribution in [0.5, 0.6) is 0 Å². The topological polar surface area (TPSA) is 6.48 Å². The second-order valence-electron chi connectivity index (χ2n) is 3.17. The first-order valence-corrected chi connectivity index (χ1v) is 8.81. The van der Waals surface area contributed by atoms with Gasteiger partial charge in [0.2, 0.25) is 0 Å². The lowest BCUT2D eigenvalue weighted by Gasteiger charge is -2.17. The predicted molar refractivity (Wildman–Crippen MR) is 78.9 cm³/mol. The molecule has 0 fully saturated rings. The number of halogens is 1. The van der Waals surface area contributed by atoms with Crippen molar-refractivity contribution in [2.45, 2.75) is 20.8 Å². The Morgan fingerprint density at radius 2 is 1.40 bits per heavy atom. The molecule has 0 bridgehead atoms. The van der Waals surface area contributed by atoms with E-state index in [1.165, 1.54) is 31.1 Å². The summed E-state index contributed by atoms with van der Waals surface area (Å²) in [5.74, 6) is 2.43. The molecule has 0 aromatic heterocycles. The third-order valence-corrected chi connectivity index (χ3v) is 5.45. The van der Waals surface area contributed by atoms with E-state index >= 15 is 0 Å². The molecule has 0 N–H and O–H groups in total. The Morgan fingerprint density at radius 3 is 1.87 bits per heavy atom. The molecule has 0 radical (unpaired) electrons. The lowest BCUT2D eigenvalue weighted by Crippen LogP contribution is -2.25. The van der Waals surface area contributed by atoms with E-state index in [1.807, 2.05) is 21.6 Å². The normalized spacial score (nSPS) is 11.6. The molecule has 0 unspecified atom stereocenters. The SMILES string of the molecule is CCN(Br)CCSSCCN(CC)CC. The molecule has 2 nitrogen and oxygen atoms in total. The minimum absolute atomic E-state index is 1.07. The average molecular weight is 315 g/mol. The average Bonchev–Trinajstić information content (AvgIpc) is 2.28. The summed E-state index contributed by atoms with van der Waals surface area (Å²) >= 11 is 3.49. The van der Waals surface area contributed by atoms with Gasteiger partial charge in [-0.05, 0) is 13.1 Å². The third kappa shape index (κ3) is 10.00. The lowest BCUT2D eigenvalue weighted by atomic mass is 10.5. The van der Waals surface area contributed by atoms with Gasteiger partial charge in [-0.3, -0.25) is 0 Å². The van der Waals surface area contributed by atoms with Crippen LogP contribution in [0.2, 0.25) is 0 Å². The molecule has 0 atom stereocenters. The van der Waals surface area contributed by atoms with E-state index in [9.17, 15) is 0 Å². The lowest BCUT2D eigenvalue weighted by molar-refractivity contribution is 0.324. The van der Waals surface area contributed by atoms with E-state index in [0.29, 0.717) is 0 Å². The van der Waals surface area contributed by atoms with Crippen molar-refractivity contribution in [2.75, 3.05) is 44.2 Å². The maximum absolute atomic E-state index is 3.49. The second kappa shape index (κ2) is 11.6. The molecule has 0 aliphatic heterocycles. The van der Waals surface area contributed by atoms with Gasteiger partial charge in [-0.25, -0.2) is 3.93 Å². The molecule has 5 heteroatoms. The fourth-order valence-electron chi connectivity index (χ4n) is 1.12. The first kappa shape index (κ1) is 16.1. The summed E-state index contributed by atoms with van der Waals surface area (Å²) in [4.78, 5) is 2.47. The van der Waals surface area contributed by atoms with E-state index < -0.39 is 0 Å². The summed E-state index contributed by atoms with van der Waals surface area (Å²) in [7, 11) is 3.97. The van der Waals surface area contributed by atoms with Gasteiger partial charge < -0.3 is 4.90 Å². The van der Waals surface area contributed by atoms with Crippen molar-refractivity contribution in [3.8, 4) is 0 Å². The van der Waals surface area contributed by atoms with Gasteiger partial charge in [0, 0.05) is 47.3 Å². The highest BCUT2D eigenvalue weighted by atomic mass is 79.9. The number of hydrogen-bond acceptors (Lipinski definition) is 4. The molecule has 0 aliphatic carbocycles. The van der Waals surface area contributed by atoms with Crippen LogP contribution in [0.15, 0.2) is 0 Å². The van der Waals surface area contributed by atoms with Crippen molar-refractivity contribution in [1.29, 1.82) is 0 Å². The molecule has 0 aliphatic rings. The minimum atomic E-state index is 1.07. The van der Waals surface area contributed by atoms with Crippen molar-refractivity contribution in [2.24, 2.45) is 0 Å². The molecule has 92 valence electrons. The molecular formula is C10H23BrN2S2. The van der Waals surface area contributed by atoms with Crippen LogP contribution < -0.4 is 0 Å². The van der Waals surface area contributed by atoms with Crippen molar-refractivity contribution >= 4 is 37.7 Å². The van der Waals surface area contributed by atoms with Crippen LogP contribution in [-0.2, 0) is 0 Å². The molecule has 0 rings (SSSR count). The Hall–Kier alpha value is 1.10. The fraction of sp³-hybridized carbons (Fsp3) is 1.00. The summed E-state index contributed by atoms with van der Waals surface area (Å²) in [6, 6.07) is 0. The Labute approximate surface area is 111 Å². The smallest absolute Gasteiger partial charge is 0.0192 e. The minimum Gasteiger partial charge on any atom is -0.303 e. The van der Waals surface area contributed by atoms with E-state index in [1.54, 1.807) is 0 Å². The van der Waals surface area contributed by atoms with Crippen LogP contribution in [0.1, 0.15) is 20.8 Å². The zero-order valence-electron chi connectivity index (χ0n) is 10.0. The standard InChI is InChI=1S/C10H23BrN2S2/c1-4-12(5-2)7-9-14-15-10-8-13(11)6-3/h4-10H2,1-3H3. The Balaban J connectivity index is 3.17. The van der Waals surface area contributed by atoms with Gasteiger partial charge in [-0.1, -0.05) is 42.4 Å². The molecule has 0 amide bonds. The third-order valence-electron chi connectivity index (χ3n) is 2.23. The predicted octanol–water partition coefficient (Wildman–Crippen LogP) is 3.34. The van der Waals surface area contributed by atoms with Crippen LogP contribution in [-0.4, -0.2) is 53.1 Å². The largest absolute Gasteiger partial charge is 0.303 e. The summed E-state index contributed by atoms with van der Waals surface area (Å²) in [6.07, 6.45) is 0. The van der Waals surface area contributed by atoms with Crippen LogP contribution >= 0.6 is 37.7 Å². The van der Waals surface area contributed by atoms with E-state index in [0.717, 1.165) is 13.1 Å². The first-order valence-electron chi connectivity index (χ1n) is 5.62. The summed E-state index contributed by atoms with van der Waals surface area (Å²) < 4.78 is 2.17. The highest BCUT2D eigenvalue weighted by Crippen LogP contribution is 2.21. The Morgan fingerprint density at radius 1 is 0.867 bits per heavy atom. The second-order valence-corrected chi connectivity index (χ2v) is 6.88. The zero-order chi connectivity index (χ0) is 11.5. The van der Waals surface area contributed by atoms with Crippen LogP contribution in [0.4, 0.5) is 0 Å². The van der Waals surface area contributed by atoms with Gasteiger partial charge in [0.05, 0.1) is 0 Å². The molecule has 0 saturated carbocycles. The summed E-state index contributed by atoms with van der Waals surface area (Å²) in [5.41, 5.74) is 0. The Kier molecular flexibility index (Phi) is 12.4. The maximum atomic E-state index is 3.49. The molecule has 0 aromatic carbocycles. The molecule has 15 heavy (non-hydrogen) atoms. The van der Waals surface area contributed by atoms with Crippen LogP contribution in [0, 0.1) is 0 Å². The molecule has 0 heterocycles. The molecule has 0 spiro atoms. The van der Waals surface area contributed by atoms with Gasteiger partial charge in [0.15, 0.2) is 0 Å². The number of nitrogens with zero attached hydrogens (tertiary/aromatic N) is 2. The van der Waals surface area contributed by atoms with Gasteiger partial charge in [-0.15, -0.1) is 0 Å². The maximum Gasteiger partial charge on any atom is 0.0192 e. The van der Waals surface area contributed by atoms with Crippen molar-refractivity contribution in [3.63, 3.8) is 0 Å². The highest BCUT2D eigenvalue weighted by Gasteiger charge is 1.99. The quantitative estimate of drug-likeness (QED) is 0.346. The van der Waals surface area contributed by atoms with Gasteiger partial charge in [0.1, 0.15) is 0 Å².